The van der Waals surface area contributed by atoms with Crippen LogP contribution in [0.1, 0.15) is 0 Å². The van der Waals surface area contributed by atoms with Crippen LogP contribution in [-0.4, -0.2) is 15.0 Å². The fraction of sp³-hybridized carbons (Fsp3) is 0. The Bertz CT molecular complexity index is 2650. The molecule has 9 rings (SSSR count). The van der Waals surface area contributed by atoms with Crippen molar-refractivity contribution in [2.24, 2.45) is 0 Å². The van der Waals surface area contributed by atoms with Crippen molar-refractivity contribution in [2.75, 3.05) is 0 Å². The molecule has 0 radical (unpaired) electrons. The van der Waals surface area contributed by atoms with Crippen molar-refractivity contribution in [2.45, 2.75) is 0 Å². The molecule has 0 aliphatic rings. The van der Waals surface area contributed by atoms with E-state index in [0.29, 0.717) is 17.5 Å². The van der Waals surface area contributed by atoms with Crippen LogP contribution in [0.2, 0.25) is 0 Å². The lowest BCUT2D eigenvalue weighted by atomic mass is 9.94. The van der Waals surface area contributed by atoms with Crippen LogP contribution in [0.15, 0.2) is 212 Å². The van der Waals surface area contributed by atoms with Crippen LogP contribution in [0.3, 0.4) is 0 Å². The molecule has 54 heavy (non-hydrogen) atoms. The summed E-state index contributed by atoms with van der Waals surface area (Å²) in [5.74, 6) is 1.94. The van der Waals surface area contributed by atoms with Crippen LogP contribution in [0.25, 0.3) is 89.8 Å². The molecule has 0 N–H and O–H groups in total. The monoisotopic (exact) mass is 689 g/mol. The molecule has 0 amide bonds. The molecule has 8 aromatic carbocycles. The molecular formula is C51H35N3. The summed E-state index contributed by atoms with van der Waals surface area (Å²) in [4.78, 5) is 14.8. The van der Waals surface area contributed by atoms with Gasteiger partial charge in [0.2, 0.25) is 0 Å². The normalized spacial score (nSPS) is 11.0. The average molecular weight is 690 g/mol. The van der Waals surface area contributed by atoms with Gasteiger partial charge in [-0.3, -0.25) is 0 Å². The van der Waals surface area contributed by atoms with Gasteiger partial charge in [-0.2, -0.15) is 0 Å². The fourth-order valence-corrected chi connectivity index (χ4v) is 6.92. The van der Waals surface area contributed by atoms with Crippen LogP contribution in [0, 0.1) is 0 Å². The van der Waals surface area contributed by atoms with Gasteiger partial charge in [-0.1, -0.05) is 182 Å². The zero-order chi connectivity index (χ0) is 36.1. The Labute approximate surface area is 316 Å². The van der Waals surface area contributed by atoms with Gasteiger partial charge < -0.3 is 0 Å². The van der Waals surface area contributed by atoms with Gasteiger partial charge >= 0.3 is 0 Å². The number of aromatic nitrogens is 3. The van der Waals surface area contributed by atoms with Crippen molar-refractivity contribution in [1.29, 1.82) is 0 Å². The second-order valence-electron chi connectivity index (χ2n) is 13.3. The van der Waals surface area contributed by atoms with E-state index in [1.807, 2.05) is 60.7 Å². The molecule has 0 atom stereocenters. The average Bonchev–Trinajstić information content (AvgIpc) is 3.27. The molecule has 3 nitrogen and oxygen atoms in total. The predicted molar refractivity (Wildman–Crippen MR) is 223 cm³/mol. The first kappa shape index (κ1) is 32.7. The molecule has 0 saturated heterocycles. The summed E-state index contributed by atoms with van der Waals surface area (Å²) in [5.41, 5.74) is 14.6. The van der Waals surface area contributed by atoms with Crippen LogP contribution < -0.4 is 0 Å². The number of benzene rings is 8. The highest BCUT2D eigenvalue weighted by Gasteiger charge is 2.13. The van der Waals surface area contributed by atoms with E-state index in [-0.39, 0.29) is 0 Å². The lowest BCUT2D eigenvalue weighted by Crippen LogP contribution is -2.00. The maximum absolute atomic E-state index is 4.96. The Hall–Kier alpha value is -7.23. The highest BCUT2D eigenvalue weighted by atomic mass is 15.0. The molecule has 0 saturated carbocycles. The van der Waals surface area contributed by atoms with Crippen molar-refractivity contribution in [3.05, 3.63) is 212 Å². The van der Waals surface area contributed by atoms with Crippen LogP contribution >= 0.6 is 0 Å². The maximum atomic E-state index is 4.96. The van der Waals surface area contributed by atoms with Gasteiger partial charge in [0.1, 0.15) is 0 Å². The van der Waals surface area contributed by atoms with Crippen molar-refractivity contribution in [1.82, 2.24) is 15.0 Å². The third kappa shape index (κ3) is 6.99. The maximum Gasteiger partial charge on any atom is 0.164 e. The molecule has 254 valence electrons. The molecule has 1 heterocycles. The smallest absolute Gasteiger partial charge is 0.164 e. The highest BCUT2D eigenvalue weighted by Crippen LogP contribution is 2.34. The third-order valence-electron chi connectivity index (χ3n) is 9.71. The van der Waals surface area contributed by atoms with Crippen molar-refractivity contribution >= 4 is 0 Å². The molecule has 0 aliphatic heterocycles. The molecule has 3 heteroatoms. The first-order valence-electron chi connectivity index (χ1n) is 18.2. The summed E-state index contributed by atoms with van der Waals surface area (Å²) >= 11 is 0. The van der Waals surface area contributed by atoms with E-state index in [1.54, 1.807) is 0 Å². The minimum atomic E-state index is 0.641. The largest absolute Gasteiger partial charge is 0.208 e. The third-order valence-corrected chi connectivity index (χ3v) is 9.71. The summed E-state index contributed by atoms with van der Waals surface area (Å²) in [7, 11) is 0. The Kier molecular flexibility index (Phi) is 8.94. The van der Waals surface area contributed by atoms with Crippen LogP contribution in [-0.2, 0) is 0 Å². The number of hydrogen-bond acceptors (Lipinski definition) is 3. The van der Waals surface area contributed by atoms with Gasteiger partial charge in [-0.15, -0.1) is 0 Å². The molecule has 0 aliphatic carbocycles. The molecule has 0 fully saturated rings. The molecule has 0 spiro atoms. The summed E-state index contributed by atoms with van der Waals surface area (Å²) in [6.07, 6.45) is 0. The van der Waals surface area contributed by atoms with E-state index >= 15 is 0 Å². The van der Waals surface area contributed by atoms with Crippen molar-refractivity contribution in [3.8, 4) is 89.8 Å². The SMILES string of the molecule is c1ccc(-c2cccc(-c3cccc(-c4cccc(-c5cccc(-c6cccc(-c7nc(-c8ccccc8)nc(-c8ccccc8)n7)c6)c5)c4)c3)c2)cc1. The first-order chi connectivity index (χ1) is 26.7. The van der Waals surface area contributed by atoms with Crippen LogP contribution in [0.5, 0.6) is 0 Å². The predicted octanol–water partition coefficient (Wildman–Crippen LogP) is 13.2. The van der Waals surface area contributed by atoms with E-state index in [2.05, 4.69) is 152 Å². The van der Waals surface area contributed by atoms with E-state index in [4.69, 9.17) is 15.0 Å². The Morgan fingerprint density at radius 3 is 0.685 bits per heavy atom. The molecule has 9 aromatic rings. The van der Waals surface area contributed by atoms with Crippen molar-refractivity contribution < 1.29 is 0 Å². The van der Waals surface area contributed by atoms with Gasteiger partial charge in [0.25, 0.3) is 0 Å². The van der Waals surface area contributed by atoms with E-state index < -0.39 is 0 Å². The van der Waals surface area contributed by atoms with E-state index in [1.165, 1.54) is 38.9 Å². The Balaban J connectivity index is 1.03. The van der Waals surface area contributed by atoms with Gasteiger partial charge in [-0.25, -0.2) is 15.0 Å². The van der Waals surface area contributed by atoms with Gasteiger partial charge in [0.05, 0.1) is 0 Å². The van der Waals surface area contributed by atoms with E-state index in [9.17, 15) is 0 Å². The van der Waals surface area contributed by atoms with Crippen molar-refractivity contribution in [3.63, 3.8) is 0 Å². The zero-order valence-corrected chi connectivity index (χ0v) is 29.5. The minimum Gasteiger partial charge on any atom is -0.208 e. The molecular weight excluding hydrogens is 655 g/mol. The van der Waals surface area contributed by atoms with E-state index in [0.717, 1.165) is 33.4 Å². The fourth-order valence-electron chi connectivity index (χ4n) is 6.92. The highest BCUT2D eigenvalue weighted by molar-refractivity contribution is 5.81. The topological polar surface area (TPSA) is 38.7 Å². The molecule has 0 unspecified atom stereocenters. The summed E-state index contributed by atoms with van der Waals surface area (Å²) in [6.45, 7) is 0. The molecule has 1 aromatic heterocycles. The second kappa shape index (κ2) is 14.8. The Morgan fingerprint density at radius 1 is 0.167 bits per heavy atom. The zero-order valence-electron chi connectivity index (χ0n) is 29.5. The lowest BCUT2D eigenvalue weighted by Gasteiger charge is -2.11. The minimum absolute atomic E-state index is 0.641. The quantitative estimate of drug-likeness (QED) is 0.159. The lowest BCUT2D eigenvalue weighted by molar-refractivity contribution is 1.07. The number of rotatable bonds is 8. The molecule has 0 bridgehead atoms. The summed E-state index contributed by atoms with van der Waals surface area (Å²) in [5, 5.41) is 0. The van der Waals surface area contributed by atoms with Gasteiger partial charge in [0, 0.05) is 16.7 Å². The van der Waals surface area contributed by atoms with Gasteiger partial charge in [0.15, 0.2) is 17.5 Å². The Morgan fingerprint density at radius 2 is 0.370 bits per heavy atom. The summed E-state index contributed by atoms with van der Waals surface area (Å²) in [6, 6.07) is 74.4. The second-order valence-corrected chi connectivity index (χ2v) is 13.3. The number of nitrogens with zero attached hydrogens (tertiary/aromatic N) is 3. The van der Waals surface area contributed by atoms with Gasteiger partial charge in [-0.05, 0) is 86.0 Å². The number of hydrogen-bond donors (Lipinski definition) is 0. The summed E-state index contributed by atoms with van der Waals surface area (Å²) < 4.78 is 0. The first-order valence-corrected chi connectivity index (χ1v) is 18.2. The standard InChI is InChI=1S/C51H35N3/c1-4-15-36(16-5-1)39-21-10-22-40(31-39)41-23-11-24-42(32-41)43-25-12-26-44(33-43)45-27-13-28-46(34-45)47-29-14-30-48(35-47)51-53-49(37-17-6-2-7-18-37)52-50(54-51)38-19-8-3-9-20-38/h1-35H. The van der Waals surface area contributed by atoms with Crippen LogP contribution in [0.4, 0.5) is 0 Å².